The van der Waals surface area contributed by atoms with E-state index in [1.165, 1.54) is 0 Å². The molecule has 0 bridgehead atoms. The third-order valence-corrected chi connectivity index (χ3v) is 5.62. The zero-order valence-corrected chi connectivity index (χ0v) is 20.4. The Bertz CT molecular complexity index is 721. The van der Waals surface area contributed by atoms with Gasteiger partial charge in [0.1, 0.15) is 5.75 Å². The fourth-order valence-corrected chi connectivity index (χ4v) is 3.72. The number of nitrogens with one attached hydrogen (secondary N) is 2. The monoisotopic (exact) mass is 446 g/mol. The average molecular weight is 447 g/mol. The molecule has 0 unspecified atom stereocenters. The van der Waals surface area contributed by atoms with Crippen molar-refractivity contribution in [3.05, 3.63) is 29.3 Å². The predicted molar refractivity (Wildman–Crippen MR) is 129 cm³/mol. The molecule has 0 spiro atoms. The Balaban J connectivity index is 2.25. The van der Waals surface area contributed by atoms with Crippen molar-refractivity contribution in [2.75, 3.05) is 53.4 Å². The summed E-state index contributed by atoms with van der Waals surface area (Å²) < 4.78 is 6.13. The fourth-order valence-electron chi connectivity index (χ4n) is 3.72. The first kappa shape index (κ1) is 26.1. The molecule has 0 aliphatic carbocycles. The van der Waals surface area contributed by atoms with Gasteiger partial charge in [0.15, 0.2) is 0 Å². The lowest BCUT2D eigenvalue weighted by atomic mass is 10.0. The molecule has 1 aromatic rings. The summed E-state index contributed by atoms with van der Waals surface area (Å²) in [6.45, 7) is 8.86. The largest absolute Gasteiger partial charge is 0.493 e. The second-order valence-corrected chi connectivity index (χ2v) is 9.35. The van der Waals surface area contributed by atoms with Crippen LogP contribution in [-0.4, -0.2) is 75.0 Å². The van der Waals surface area contributed by atoms with Crippen molar-refractivity contribution < 1.29 is 14.3 Å². The molecule has 2 rings (SSSR count). The summed E-state index contributed by atoms with van der Waals surface area (Å²) in [5, 5.41) is 6.09. The first-order valence-corrected chi connectivity index (χ1v) is 12.0. The predicted octanol–water partition coefficient (Wildman–Crippen LogP) is 2.90. The number of hydrogen-bond donors (Lipinski definition) is 2. The minimum atomic E-state index is -0.0817. The summed E-state index contributed by atoms with van der Waals surface area (Å²) in [7, 11) is 4.05. The molecule has 180 valence electrons. The van der Waals surface area contributed by atoms with Crippen LogP contribution < -0.4 is 15.4 Å². The van der Waals surface area contributed by atoms with E-state index >= 15 is 0 Å². The molecule has 2 amide bonds. The van der Waals surface area contributed by atoms with E-state index in [4.69, 9.17) is 4.74 Å². The molecule has 0 atom stereocenters. The summed E-state index contributed by atoms with van der Waals surface area (Å²) in [5.41, 5.74) is 1.51. The Morgan fingerprint density at radius 3 is 2.78 bits per heavy atom. The minimum Gasteiger partial charge on any atom is -0.493 e. The molecule has 2 N–H and O–H groups in total. The highest BCUT2D eigenvalue weighted by molar-refractivity contribution is 5.96. The molecule has 7 heteroatoms. The normalized spacial score (nSPS) is 16.4. The Morgan fingerprint density at radius 2 is 2.03 bits per heavy atom. The van der Waals surface area contributed by atoms with Gasteiger partial charge in [0.25, 0.3) is 5.91 Å². The van der Waals surface area contributed by atoms with Gasteiger partial charge in [0.2, 0.25) is 5.91 Å². The number of fused-ring (bicyclic) bond motifs is 1. The van der Waals surface area contributed by atoms with Crippen molar-refractivity contribution in [1.82, 2.24) is 20.4 Å². The second kappa shape index (κ2) is 14.1. The molecule has 0 fully saturated rings. The Kier molecular flexibility index (Phi) is 11.5. The molecule has 0 radical (unpaired) electrons. The van der Waals surface area contributed by atoms with Crippen LogP contribution in [0.25, 0.3) is 0 Å². The highest BCUT2D eigenvalue weighted by atomic mass is 16.5. The van der Waals surface area contributed by atoms with Gasteiger partial charge < -0.3 is 20.3 Å². The van der Waals surface area contributed by atoms with E-state index in [1.807, 2.05) is 32.3 Å². The van der Waals surface area contributed by atoms with Crippen molar-refractivity contribution in [3.63, 3.8) is 0 Å². The highest BCUT2D eigenvalue weighted by Crippen LogP contribution is 2.25. The zero-order chi connectivity index (χ0) is 23.3. The number of rotatable bonds is 8. The summed E-state index contributed by atoms with van der Waals surface area (Å²) >= 11 is 0. The van der Waals surface area contributed by atoms with Gasteiger partial charge in [-0.1, -0.05) is 19.9 Å². The molecule has 1 aromatic carbocycles. The van der Waals surface area contributed by atoms with Gasteiger partial charge in [-0.3, -0.25) is 14.5 Å². The molecule has 1 aliphatic heterocycles. The van der Waals surface area contributed by atoms with Crippen LogP contribution in [-0.2, 0) is 11.3 Å². The molecule has 0 aromatic heterocycles. The Morgan fingerprint density at radius 1 is 1.22 bits per heavy atom. The third-order valence-electron chi connectivity index (χ3n) is 5.62. The maximum absolute atomic E-state index is 13.1. The minimum absolute atomic E-state index is 0.0427. The van der Waals surface area contributed by atoms with E-state index in [0.717, 1.165) is 56.5 Å². The van der Waals surface area contributed by atoms with Gasteiger partial charge in [0, 0.05) is 30.8 Å². The molecule has 0 saturated carbocycles. The van der Waals surface area contributed by atoms with Crippen molar-refractivity contribution in [1.29, 1.82) is 0 Å². The van der Waals surface area contributed by atoms with Gasteiger partial charge in [-0.15, -0.1) is 0 Å². The lowest BCUT2D eigenvalue weighted by Crippen LogP contribution is -2.38. The van der Waals surface area contributed by atoms with Crippen LogP contribution in [0.5, 0.6) is 5.75 Å². The Hall–Kier alpha value is -2.12. The number of ether oxygens (including phenoxy) is 1. The average Bonchev–Trinajstić information content (AvgIpc) is 2.75. The molecule has 1 heterocycles. The topological polar surface area (TPSA) is 73.9 Å². The highest BCUT2D eigenvalue weighted by Gasteiger charge is 2.20. The van der Waals surface area contributed by atoms with Crippen LogP contribution in [0.4, 0.5) is 0 Å². The zero-order valence-electron chi connectivity index (χ0n) is 20.4. The van der Waals surface area contributed by atoms with Crippen molar-refractivity contribution >= 4 is 11.8 Å². The maximum Gasteiger partial charge on any atom is 0.251 e. The molecular weight excluding hydrogens is 404 g/mol. The number of benzene rings is 1. The first-order valence-electron chi connectivity index (χ1n) is 12.0. The van der Waals surface area contributed by atoms with E-state index in [-0.39, 0.29) is 11.8 Å². The lowest BCUT2D eigenvalue weighted by Gasteiger charge is -2.25. The van der Waals surface area contributed by atoms with Gasteiger partial charge in [-0.05, 0) is 77.3 Å². The quantitative estimate of drug-likeness (QED) is 0.601. The van der Waals surface area contributed by atoms with E-state index < -0.39 is 0 Å². The summed E-state index contributed by atoms with van der Waals surface area (Å²) in [4.78, 5) is 29.8. The number of nitrogens with zero attached hydrogens (tertiary/aromatic N) is 2. The molecule has 0 saturated heterocycles. The fraction of sp³-hybridized carbons (Fsp3) is 0.680. The third kappa shape index (κ3) is 9.57. The van der Waals surface area contributed by atoms with E-state index in [9.17, 15) is 9.59 Å². The van der Waals surface area contributed by atoms with Gasteiger partial charge in [0.05, 0.1) is 13.2 Å². The van der Waals surface area contributed by atoms with Crippen LogP contribution in [0.15, 0.2) is 18.2 Å². The first-order chi connectivity index (χ1) is 15.4. The molecule has 1 aliphatic rings. The van der Waals surface area contributed by atoms with Gasteiger partial charge >= 0.3 is 0 Å². The lowest BCUT2D eigenvalue weighted by molar-refractivity contribution is -0.122. The Labute approximate surface area is 193 Å². The number of amides is 2. The van der Waals surface area contributed by atoms with E-state index in [2.05, 4.69) is 34.3 Å². The van der Waals surface area contributed by atoms with Crippen LogP contribution >= 0.6 is 0 Å². The van der Waals surface area contributed by atoms with Gasteiger partial charge in [-0.2, -0.15) is 0 Å². The summed E-state index contributed by atoms with van der Waals surface area (Å²) in [5.74, 6) is 1.25. The summed E-state index contributed by atoms with van der Waals surface area (Å²) in [6, 6.07) is 5.69. The summed E-state index contributed by atoms with van der Waals surface area (Å²) in [6.07, 6.45) is 4.75. The van der Waals surface area contributed by atoms with Crippen molar-refractivity contribution in [2.45, 2.75) is 52.5 Å². The SMILES string of the molecule is CC(C)CCN1CC(=O)NCCCCCOc2cccc(C(=O)NCCCN(C)C)c2C1. The van der Waals surface area contributed by atoms with Crippen LogP contribution in [0.2, 0.25) is 0 Å². The van der Waals surface area contributed by atoms with Gasteiger partial charge in [-0.25, -0.2) is 0 Å². The maximum atomic E-state index is 13.1. The van der Waals surface area contributed by atoms with Crippen molar-refractivity contribution in [3.8, 4) is 5.75 Å². The van der Waals surface area contributed by atoms with E-state index in [1.54, 1.807) is 0 Å². The number of carbonyl (C=O) groups excluding carboxylic acids is 2. The molecule has 32 heavy (non-hydrogen) atoms. The number of hydrogen-bond acceptors (Lipinski definition) is 5. The second-order valence-electron chi connectivity index (χ2n) is 9.35. The smallest absolute Gasteiger partial charge is 0.251 e. The number of carbonyl (C=O) groups is 2. The van der Waals surface area contributed by atoms with Crippen LogP contribution in [0.3, 0.4) is 0 Å². The molecular formula is C25H42N4O3. The van der Waals surface area contributed by atoms with E-state index in [0.29, 0.717) is 44.3 Å². The molecule has 7 nitrogen and oxygen atoms in total. The standard InChI is InChI=1S/C25H42N4O3/c1-20(2)12-16-29-18-22-21(25(31)27-14-9-15-28(3)4)10-8-11-23(22)32-17-7-5-6-13-26-24(30)19-29/h8,10-11,20H,5-7,9,12-19H2,1-4H3,(H,26,30)(H,27,31). The van der Waals surface area contributed by atoms with Crippen molar-refractivity contribution in [2.24, 2.45) is 5.92 Å². The van der Waals surface area contributed by atoms with Crippen LogP contribution in [0, 0.1) is 5.92 Å². The van der Waals surface area contributed by atoms with Crippen LogP contribution in [0.1, 0.15) is 61.9 Å².